The molecule has 0 unspecified atom stereocenters. The van der Waals surface area contributed by atoms with Crippen molar-refractivity contribution in [3.05, 3.63) is 53.9 Å². The molecule has 144 valence electrons. The Bertz CT molecular complexity index is 903. The molecule has 0 spiro atoms. The number of hydrogen-bond acceptors (Lipinski definition) is 7. The molecule has 2 atom stereocenters. The van der Waals surface area contributed by atoms with Gasteiger partial charge >= 0.3 is 0 Å². The Morgan fingerprint density at radius 3 is 2.67 bits per heavy atom. The van der Waals surface area contributed by atoms with Crippen molar-refractivity contribution in [2.24, 2.45) is 0 Å². The Morgan fingerprint density at radius 2 is 2.07 bits per heavy atom. The molecule has 0 saturated heterocycles. The van der Waals surface area contributed by atoms with Crippen LogP contribution in [0.4, 0.5) is 8.78 Å². The Kier molecular flexibility index (Phi) is 5.87. The highest BCUT2D eigenvalue weighted by molar-refractivity contribution is 8.01. The lowest BCUT2D eigenvalue weighted by atomic mass is 9.90. The number of hydrogen-bond donors (Lipinski definition) is 1. The van der Waals surface area contributed by atoms with Crippen LogP contribution in [0, 0.1) is 11.6 Å². The molecule has 0 aliphatic rings. The van der Waals surface area contributed by atoms with E-state index < -0.39 is 22.5 Å². The zero-order chi connectivity index (χ0) is 19.6. The van der Waals surface area contributed by atoms with E-state index >= 15 is 0 Å². The van der Waals surface area contributed by atoms with E-state index in [1.807, 2.05) is 13.8 Å². The molecule has 10 heteroatoms. The van der Waals surface area contributed by atoms with E-state index in [-0.39, 0.29) is 18.0 Å². The first-order chi connectivity index (χ1) is 12.8. The van der Waals surface area contributed by atoms with E-state index in [4.69, 9.17) is 0 Å². The lowest BCUT2D eigenvalue weighted by Gasteiger charge is -2.33. The van der Waals surface area contributed by atoms with Crippen LogP contribution in [-0.2, 0) is 12.1 Å². The first-order valence-corrected chi connectivity index (χ1v) is 9.95. The minimum Gasteiger partial charge on any atom is -0.382 e. The summed E-state index contributed by atoms with van der Waals surface area (Å²) in [7, 11) is 0. The molecule has 3 rings (SSSR count). The number of aromatic nitrogens is 5. The van der Waals surface area contributed by atoms with Crippen LogP contribution in [0.15, 0.2) is 35.2 Å². The number of thioether (sulfide) groups is 1. The summed E-state index contributed by atoms with van der Waals surface area (Å²) in [6, 6.07) is 3.16. The number of aliphatic hydroxyl groups is 1. The molecule has 3 aromatic rings. The first kappa shape index (κ1) is 19.8. The van der Waals surface area contributed by atoms with Crippen LogP contribution < -0.4 is 0 Å². The van der Waals surface area contributed by atoms with Gasteiger partial charge in [-0.25, -0.2) is 23.4 Å². The van der Waals surface area contributed by atoms with Crippen molar-refractivity contribution in [2.75, 3.05) is 0 Å². The predicted octanol–water partition coefficient (Wildman–Crippen LogP) is 3.60. The molecule has 0 bridgehead atoms. The standard InChI is InChI=1S/C17H19F2N5OS2/c1-10(2)15-22-16(27-23-15)26-11(3)17(25,7-24-9-20-8-21-24)13-5-4-12(18)6-14(13)19/h4-6,8-11,25H,7H2,1-3H3/t11-,17-/m1/s1. The maximum atomic E-state index is 14.5. The van der Waals surface area contributed by atoms with Crippen LogP contribution in [0.25, 0.3) is 0 Å². The van der Waals surface area contributed by atoms with Crippen LogP contribution in [0.1, 0.15) is 38.1 Å². The van der Waals surface area contributed by atoms with Gasteiger partial charge in [0.25, 0.3) is 0 Å². The van der Waals surface area contributed by atoms with E-state index in [1.165, 1.54) is 46.7 Å². The smallest absolute Gasteiger partial charge is 0.170 e. The molecule has 0 radical (unpaired) electrons. The molecule has 0 saturated carbocycles. The van der Waals surface area contributed by atoms with E-state index in [1.54, 1.807) is 6.92 Å². The van der Waals surface area contributed by atoms with E-state index in [0.717, 1.165) is 18.0 Å². The average molecular weight is 412 g/mol. The number of nitrogens with zero attached hydrogens (tertiary/aromatic N) is 5. The van der Waals surface area contributed by atoms with Gasteiger partial charge in [-0.3, -0.25) is 0 Å². The maximum absolute atomic E-state index is 14.5. The van der Waals surface area contributed by atoms with Gasteiger partial charge in [-0.1, -0.05) is 31.7 Å². The maximum Gasteiger partial charge on any atom is 0.170 e. The molecular weight excluding hydrogens is 392 g/mol. The summed E-state index contributed by atoms with van der Waals surface area (Å²) in [5.74, 6) is -0.604. The summed E-state index contributed by atoms with van der Waals surface area (Å²) in [6.07, 6.45) is 2.77. The molecule has 0 amide bonds. The van der Waals surface area contributed by atoms with Crippen molar-refractivity contribution in [1.29, 1.82) is 0 Å². The predicted molar refractivity (Wildman–Crippen MR) is 99.6 cm³/mol. The van der Waals surface area contributed by atoms with Crippen LogP contribution in [-0.4, -0.2) is 34.5 Å². The molecule has 6 nitrogen and oxygen atoms in total. The topological polar surface area (TPSA) is 76.7 Å². The monoisotopic (exact) mass is 411 g/mol. The van der Waals surface area contributed by atoms with E-state index in [0.29, 0.717) is 4.34 Å². The molecule has 0 aliphatic heterocycles. The van der Waals surface area contributed by atoms with Gasteiger partial charge in [0.05, 0.1) is 6.54 Å². The number of rotatable bonds is 7. The van der Waals surface area contributed by atoms with Crippen molar-refractivity contribution < 1.29 is 13.9 Å². The fourth-order valence-corrected chi connectivity index (χ4v) is 4.71. The SMILES string of the molecule is CC(C)c1nsc(S[C@H](C)[C@](O)(Cn2cncn2)c2ccc(F)cc2F)n1. The van der Waals surface area contributed by atoms with Crippen molar-refractivity contribution in [2.45, 2.75) is 48.4 Å². The number of benzene rings is 1. The van der Waals surface area contributed by atoms with Crippen molar-refractivity contribution in [1.82, 2.24) is 24.1 Å². The van der Waals surface area contributed by atoms with E-state index in [2.05, 4.69) is 19.4 Å². The Hall–Kier alpha value is -1.91. The van der Waals surface area contributed by atoms with Crippen LogP contribution in [0.2, 0.25) is 0 Å². The fraction of sp³-hybridized carbons (Fsp3) is 0.412. The summed E-state index contributed by atoms with van der Waals surface area (Å²) in [5, 5.41) is 14.9. The summed E-state index contributed by atoms with van der Waals surface area (Å²) in [4.78, 5) is 8.32. The number of halogens is 2. The molecular formula is C17H19F2N5OS2. The Balaban J connectivity index is 1.94. The Morgan fingerprint density at radius 1 is 1.30 bits per heavy atom. The van der Waals surface area contributed by atoms with Gasteiger partial charge < -0.3 is 5.11 Å². The minimum absolute atomic E-state index is 0.00648. The van der Waals surface area contributed by atoms with Gasteiger partial charge in [0.2, 0.25) is 0 Å². The zero-order valence-corrected chi connectivity index (χ0v) is 16.6. The third-order valence-corrected chi connectivity index (χ3v) is 6.23. The zero-order valence-electron chi connectivity index (χ0n) is 15.0. The molecule has 2 heterocycles. The molecule has 27 heavy (non-hydrogen) atoms. The lowest BCUT2D eigenvalue weighted by Crippen LogP contribution is -2.41. The third-order valence-electron chi connectivity index (χ3n) is 4.16. The van der Waals surface area contributed by atoms with Gasteiger partial charge in [0.1, 0.15) is 35.7 Å². The van der Waals surface area contributed by atoms with Crippen LogP contribution >= 0.6 is 23.3 Å². The van der Waals surface area contributed by atoms with Gasteiger partial charge in [-0.15, -0.1) is 0 Å². The molecule has 0 fully saturated rings. The third kappa shape index (κ3) is 4.33. The Labute approximate surface area is 163 Å². The fourth-order valence-electron chi connectivity index (χ4n) is 2.59. The summed E-state index contributed by atoms with van der Waals surface area (Å²) in [6.45, 7) is 5.71. The van der Waals surface area contributed by atoms with Gasteiger partial charge in [-0.2, -0.15) is 9.47 Å². The molecule has 1 N–H and O–H groups in total. The summed E-state index contributed by atoms with van der Waals surface area (Å²) < 4.78 is 34.3. The molecule has 1 aromatic carbocycles. The normalized spacial score (nSPS) is 15.1. The minimum atomic E-state index is -1.67. The second-order valence-corrected chi connectivity index (χ2v) is 8.81. The second-order valence-electron chi connectivity index (χ2n) is 6.47. The first-order valence-electron chi connectivity index (χ1n) is 8.30. The molecule has 2 aromatic heterocycles. The lowest BCUT2D eigenvalue weighted by molar-refractivity contribution is 0.0133. The summed E-state index contributed by atoms with van der Waals surface area (Å²) in [5.41, 5.74) is -1.67. The highest BCUT2D eigenvalue weighted by Crippen LogP contribution is 2.40. The van der Waals surface area contributed by atoms with E-state index in [9.17, 15) is 13.9 Å². The highest BCUT2D eigenvalue weighted by Gasteiger charge is 2.40. The van der Waals surface area contributed by atoms with Crippen molar-refractivity contribution >= 4 is 23.3 Å². The highest BCUT2D eigenvalue weighted by atomic mass is 32.2. The van der Waals surface area contributed by atoms with Gasteiger partial charge in [0, 0.05) is 22.8 Å². The average Bonchev–Trinajstić information content (AvgIpc) is 3.26. The van der Waals surface area contributed by atoms with Crippen LogP contribution in [0.5, 0.6) is 0 Å². The largest absolute Gasteiger partial charge is 0.382 e. The van der Waals surface area contributed by atoms with Gasteiger partial charge in [-0.05, 0) is 24.5 Å². The summed E-state index contributed by atoms with van der Waals surface area (Å²) >= 11 is 2.53. The van der Waals surface area contributed by atoms with Gasteiger partial charge in [0.15, 0.2) is 4.34 Å². The molecule has 0 aliphatic carbocycles. The van der Waals surface area contributed by atoms with Crippen molar-refractivity contribution in [3.63, 3.8) is 0 Å². The van der Waals surface area contributed by atoms with Crippen LogP contribution in [0.3, 0.4) is 0 Å². The quantitative estimate of drug-likeness (QED) is 0.599. The van der Waals surface area contributed by atoms with Crippen molar-refractivity contribution in [3.8, 4) is 0 Å². The second kappa shape index (κ2) is 7.99.